The second kappa shape index (κ2) is 8.22. The molecule has 0 radical (unpaired) electrons. The third-order valence-corrected chi connectivity index (χ3v) is 3.18. The average molecular weight is 315 g/mol. The van der Waals surface area contributed by atoms with Crippen LogP contribution in [0.4, 0.5) is 5.69 Å². The lowest BCUT2D eigenvalue weighted by molar-refractivity contribution is -0.116. The summed E-state index contributed by atoms with van der Waals surface area (Å²) in [5, 5.41) is 15.8. The highest BCUT2D eigenvalue weighted by Gasteiger charge is 2.15. The Labute approximate surface area is 131 Å². The number of hydrogen-bond donors (Lipinski definition) is 3. The van der Waals surface area contributed by atoms with E-state index in [4.69, 9.17) is 4.74 Å². The van der Waals surface area contributed by atoms with Crippen LogP contribution in [0, 0.1) is 0 Å². The van der Waals surface area contributed by atoms with Gasteiger partial charge < -0.3 is 20.5 Å². The van der Waals surface area contributed by atoms with E-state index in [2.05, 4.69) is 10.6 Å². The fourth-order valence-electron chi connectivity index (χ4n) is 2.07. The maximum Gasteiger partial charge on any atom is 0.224 e. The lowest BCUT2D eigenvalue weighted by Gasteiger charge is -2.19. The molecule has 0 bridgehead atoms. The van der Waals surface area contributed by atoms with Crippen LogP contribution in [0.3, 0.4) is 0 Å². The first-order valence-electron chi connectivity index (χ1n) is 7.01. The molecular weight excluding hydrogens is 292 g/mol. The van der Waals surface area contributed by atoms with Gasteiger partial charge in [-0.15, -0.1) is 12.4 Å². The van der Waals surface area contributed by atoms with Gasteiger partial charge in [0.15, 0.2) is 0 Å². The molecule has 0 saturated heterocycles. The van der Waals surface area contributed by atoms with Crippen molar-refractivity contribution in [1.82, 2.24) is 5.32 Å². The number of rotatable bonds is 6. The van der Waals surface area contributed by atoms with Crippen LogP contribution >= 0.6 is 12.4 Å². The highest BCUT2D eigenvalue weighted by atomic mass is 35.5. The zero-order valence-corrected chi connectivity index (χ0v) is 13.2. The SMILES string of the molecule is CC(C)NCC(O)COc1ccc2c(c1)CCC(=O)N2.Cl. The van der Waals surface area contributed by atoms with Gasteiger partial charge in [-0.2, -0.15) is 0 Å². The highest BCUT2D eigenvalue weighted by molar-refractivity contribution is 5.93. The Morgan fingerprint density at radius 3 is 2.86 bits per heavy atom. The molecule has 0 fully saturated rings. The number of halogens is 1. The second-order valence-corrected chi connectivity index (χ2v) is 5.39. The molecule has 1 atom stereocenters. The van der Waals surface area contributed by atoms with Crippen molar-refractivity contribution in [2.24, 2.45) is 0 Å². The van der Waals surface area contributed by atoms with Gasteiger partial charge in [-0.3, -0.25) is 4.79 Å². The molecule has 0 spiro atoms. The number of benzene rings is 1. The number of carbonyl (C=O) groups is 1. The number of aryl methyl sites for hydroxylation is 1. The van der Waals surface area contributed by atoms with Crippen molar-refractivity contribution in [2.75, 3.05) is 18.5 Å². The van der Waals surface area contributed by atoms with Crippen molar-refractivity contribution >= 4 is 24.0 Å². The molecule has 0 aromatic heterocycles. The van der Waals surface area contributed by atoms with Crippen LogP contribution in [-0.4, -0.2) is 36.3 Å². The van der Waals surface area contributed by atoms with Gasteiger partial charge in [-0.1, -0.05) is 13.8 Å². The van der Waals surface area contributed by atoms with Crippen molar-refractivity contribution in [3.05, 3.63) is 23.8 Å². The summed E-state index contributed by atoms with van der Waals surface area (Å²) in [6.45, 7) is 4.83. The van der Waals surface area contributed by atoms with Crippen LogP contribution in [0.25, 0.3) is 0 Å². The van der Waals surface area contributed by atoms with E-state index in [1.807, 2.05) is 32.0 Å². The van der Waals surface area contributed by atoms with E-state index < -0.39 is 6.10 Å². The number of ether oxygens (including phenoxy) is 1. The molecule has 1 aliphatic heterocycles. The van der Waals surface area contributed by atoms with Gasteiger partial charge in [-0.05, 0) is 30.2 Å². The Morgan fingerprint density at radius 1 is 1.38 bits per heavy atom. The van der Waals surface area contributed by atoms with Gasteiger partial charge in [0.1, 0.15) is 18.5 Å². The van der Waals surface area contributed by atoms with Crippen LogP contribution < -0.4 is 15.4 Å². The van der Waals surface area contributed by atoms with Crippen molar-refractivity contribution < 1.29 is 14.6 Å². The molecule has 6 heteroatoms. The van der Waals surface area contributed by atoms with Crippen LogP contribution in [0.2, 0.25) is 0 Å². The summed E-state index contributed by atoms with van der Waals surface area (Å²) in [4.78, 5) is 11.3. The first-order chi connectivity index (χ1) is 9.54. The van der Waals surface area contributed by atoms with E-state index in [1.54, 1.807) is 0 Å². The molecule has 1 aliphatic rings. The highest BCUT2D eigenvalue weighted by Crippen LogP contribution is 2.26. The standard InChI is InChI=1S/C15H22N2O3.ClH/c1-10(2)16-8-12(18)9-20-13-4-5-14-11(7-13)3-6-15(19)17-14;/h4-5,7,10,12,16,18H,3,6,8-9H2,1-2H3,(H,17,19);1H. The molecular formula is C15H23ClN2O3. The van der Waals surface area contributed by atoms with E-state index in [1.165, 1.54) is 0 Å². The van der Waals surface area contributed by atoms with E-state index >= 15 is 0 Å². The van der Waals surface area contributed by atoms with E-state index in [0.717, 1.165) is 23.4 Å². The minimum atomic E-state index is -0.534. The summed E-state index contributed by atoms with van der Waals surface area (Å²) in [5.41, 5.74) is 1.94. The van der Waals surface area contributed by atoms with Gasteiger partial charge >= 0.3 is 0 Å². The van der Waals surface area contributed by atoms with E-state index in [9.17, 15) is 9.90 Å². The number of aliphatic hydroxyl groups excluding tert-OH is 1. The maximum absolute atomic E-state index is 11.3. The summed E-state index contributed by atoms with van der Waals surface area (Å²) >= 11 is 0. The first kappa shape index (κ1) is 17.8. The van der Waals surface area contributed by atoms with Gasteiger partial charge in [0.25, 0.3) is 0 Å². The Balaban J connectivity index is 0.00000220. The lowest BCUT2D eigenvalue weighted by atomic mass is 10.0. The second-order valence-electron chi connectivity index (χ2n) is 5.39. The summed E-state index contributed by atoms with van der Waals surface area (Å²) in [6.07, 6.45) is 0.709. The molecule has 21 heavy (non-hydrogen) atoms. The minimum absolute atomic E-state index is 0. The molecule has 1 unspecified atom stereocenters. The molecule has 5 nitrogen and oxygen atoms in total. The average Bonchev–Trinajstić information content (AvgIpc) is 2.42. The predicted octanol–water partition coefficient (Wildman–Crippen LogP) is 1.73. The topological polar surface area (TPSA) is 70.6 Å². The van der Waals surface area contributed by atoms with Crippen molar-refractivity contribution in [3.63, 3.8) is 0 Å². The van der Waals surface area contributed by atoms with Crippen molar-refractivity contribution in [1.29, 1.82) is 0 Å². The Morgan fingerprint density at radius 2 is 2.14 bits per heavy atom. The quantitative estimate of drug-likeness (QED) is 0.748. The monoisotopic (exact) mass is 314 g/mol. The number of amides is 1. The number of aliphatic hydroxyl groups is 1. The zero-order valence-electron chi connectivity index (χ0n) is 12.4. The number of hydrogen-bond acceptors (Lipinski definition) is 4. The molecule has 118 valence electrons. The van der Waals surface area contributed by atoms with Crippen LogP contribution in [0.5, 0.6) is 5.75 Å². The smallest absolute Gasteiger partial charge is 0.224 e. The fourth-order valence-corrected chi connectivity index (χ4v) is 2.07. The van der Waals surface area contributed by atoms with Gasteiger partial charge in [0.2, 0.25) is 5.91 Å². The first-order valence-corrected chi connectivity index (χ1v) is 7.01. The molecule has 1 aromatic rings. The minimum Gasteiger partial charge on any atom is -0.491 e. The number of carbonyl (C=O) groups excluding carboxylic acids is 1. The van der Waals surface area contributed by atoms with E-state index in [-0.39, 0.29) is 24.9 Å². The Bertz CT molecular complexity index is 480. The van der Waals surface area contributed by atoms with Crippen molar-refractivity contribution in [2.45, 2.75) is 38.8 Å². The Hall–Kier alpha value is -1.30. The molecule has 0 aliphatic carbocycles. The molecule has 2 rings (SSSR count). The Kier molecular flexibility index (Phi) is 6.95. The van der Waals surface area contributed by atoms with Gasteiger partial charge in [-0.25, -0.2) is 0 Å². The molecule has 3 N–H and O–H groups in total. The molecule has 1 aromatic carbocycles. The number of fused-ring (bicyclic) bond motifs is 1. The predicted molar refractivity (Wildman–Crippen MR) is 85.3 cm³/mol. The summed E-state index contributed by atoms with van der Waals surface area (Å²) in [7, 11) is 0. The van der Waals surface area contributed by atoms with Crippen molar-refractivity contribution in [3.8, 4) is 5.75 Å². The molecule has 1 amide bonds. The lowest BCUT2D eigenvalue weighted by Crippen LogP contribution is -2.35. The van der Waals surface area contributed by atoms with E-state index in [0.29, 0.717) is 19.0 Å². The zero-order chi connectivity index (χ0) is 14.5. The third-order valence-electron chi connectivity index (χ3n) is 3.18. The van der Waals surface area contributed by atoms with Crippen LogP contribution in [-0.2, 0) is 11.2 Å². The van der Waals surface area contributed by atoms with Crippen LogP contribution in [0.1, 0.15) is 25.8 Å². The third kappa shape index (κ3) is 5.53. The number of anilines is 1. The largest absolute Gasteiger partial charge is 0.491 e. The van der Waals surface area contributed by atoms with Crippen LogP contribution in [0.15, 0.2) is 18.2 Å². The summed E-state index contributed by atoms with van der Waals surface area (Å²) in [6, 6.07) is 5.93. The summed E-state index contributed by atoms with van der Waals surface area (Å²) < 4.78 is 5.59. The molecule has 1 heterocycles. The van der Waals surface area contributed by atoms with Gasteiger partial charge in [0.05, 0.1) is 0 Å². The molecule has 0 saturated carbocycles. The fraction of sp³-hybridized carbons (Fsp3) is 0.533. The van der Waals surface area contributed by atoms with Gasteiger partial charge in [0, 0.05) is 24.7 Å². The number of nitrogens with one attached hydrogen (secondary N) is 2. The summed E-state index contributed by atoms with van der Waals surface area (Å²) in [5.74, 6) is 0.782. The maximum atomic E-state index is 11.3. The normalized spacial score (nSPS) is 15.0.